The molecule has 0 radical (unpaired) electrons. The maximum Gasteiger partial charge on any atom is 0.160 e. The molecule has 2 heterocycles. The highest BCUT2D eigenvalue weighted by Crippen LogP contribution is 2.33. The van der Waals surface area contributed by atoms with Crippen molar-refractivity contribution in [2.75, 3.05) is 6.61 Å². The Morgan fingerprint density at radius 1 is 1.56 bits per heavy atom. The Balaban J connectivity index is 2.34. The van der Waals surface area contributed by atoms with Crippen LogP contribution in [-0.2, 0) is 10.3 Å². The molecule has 0 spiro atoms. The lowest BCUT2D eigenvalue weighted by atomic mass is 10.0. The molecule has 1 aliphatic heterocycles. The summed E-state index contributed by atoms with van der Waals surface area (Å²) in [5.74, 6) is 0.729. The second-order valence-corrected chi connectivity index (χ2v) is 4.59. The predicted octanol–water partition coefficient (Wildman–Crippen LogP) is 1.86. The fraction of sp³-hybridized carbons (Fsp3) is 0.667. The topological polar surface area (TPSA) is 55.2 Å². The largest absolute Gasteiger partial charge is 0.389 e. The van der Waals surface area contributed by atoms with Gasteiger partial charge in [0, 0.05) is 24.1 Å². The van der Waals surface area contributed by atoms with Gasteiger partial charge in [-0.1, -0.05) is 0 Å². The van der Waals surface area contributed by atoms with Gasteiger partial charge in [-0.2, -0.15) is 0 Å². The third kappa shape index (κ3) is 1.95. The number of aliphatic hydroxyl groups is 1. The molecule has 1 aromatic rings. The van der Waals surface area contributed by atoms with Gasteiger partial charge in [0.1, 0.15) is 5.60 Å². The molecular weight excluding hydrogens is 204 g/mol. The average molecular weight is 222 g/mol. The molecular formula is C12H18N2O2. The normalized spacial score (nSPS) is 27.0. The van der Waals surface area contributed by atoms with E-state index in [0.29, 0.717) is 0 Å². The maximum atomic E-state index is 9.51. The molecule has 0 saturated carbocycles. The lowest BCUT2D eigenvalue weighted by Gasteiger charge is -2.22. The van der Waals surface area contributed by atoms with Gasteiger partial charge in [-0.3, -0.25) is 0 Å². The van der Waals surface area contributed by atoms with Crippen molar-refractivity contribution >= 4 is 0 Å². The van der Waals surface area contributed by atoms with E-state index in [-0.39, 0.29) is 5.60 Å². The van der Waals surface area contributed by atoms with E-state index in [9.17, 15) is 5.11 Å². The van der Waals surface area contributed by atoms with Crippen molar-refractivity contribution < 1.29 is 9.84 Å². The zero-order valence-corrected chi connectivity index (χ0v) is 10.0. The van der Waals surface area contributed by atoms with E-state index in [1.54, 1.807) is 13.1 Å². The average Bonchev–Trinajstić information content (AvgIpc) is 2.66. The second-order valence-electron chi connectivity index (χ2n) is 4.59. The minimum Gasteiger partial charge on any atom is -0.389 e. The van der Waals surface area contributed by atoms with Crippen LogP contribution in [0, 0.1) is 6.92 Å². The van der Waals surface area contributed by atoms with Crippen LogP contribution in [0.1, 0.15) is 49.9 Å². The highest BCUT2D eigenvalue weighted by molar-refractivity contribution is 5.20. The number of aromatic nitrogens is 2. The van der Waals surface area contributed by atoms with Gasteiger partial charge in [-0.25, -0.2) is 9.97 Å². The molecule has 2 rings (SSSR count). The first-order chi connectivity index (χ1) is 7.53. The van der Waals surface area contributed by atoms with E-state index >= 15 is 0 Å². The molecule has 0 amide bonds. The number of nitrogens with zero attached hydrogens (tertiary/aromatic N) is 2. The summed E-state index contributed by atoms with van der Waals surface area (Å²) in [6, 6.07) is 0. The Labute approximate surface area is 95.7 Å². The van der Waals surface area contributed by atoms with Crippen LogP contribution >= 0.6 is 0 Å². The lowest BCUT2D eigenvalue weighted by Crippen LogP contribution is -2.24. The first-order valence-corrected chi connectivity index (χ1v) is 5.69. The standard InChI is InChI=1S/C12H18N2O2/c1-8-10(9(2)15)7-13-11(14-8)12(3)5-4-6-16-12/h7,9,15H,4-6H2,1-3H3. The Morgan fingerprint density at radius 3 is 2.81 bits per heavy atom. The lowest BCUT2D eigenvalue weighted by molar-refractivity contribution is 0.00903. The molecule has 1 fully saturated rings. The molecule has 0 aromatic carbocycles. The molecule has 2 unspecified atom stereocenters. The number of aryl methyl sites for hydroxylation is 1. The molecule has 1 saturated heterocycles. The van der Waals surface area contributed by atoms with Crippen molar-refractivity contribution in [1.29, 1.82) is 0 Å². The van der Waals surface area contributed by atoms with Crippen LogP contribution in [0.25, 0.3) is 0 Å². The highest BCUT2D eigenvalue weighted by Gasteiger charge is 2.34. The van der Waals surface area contributed by atoms with Crippen LogP contribution in [0.3, 0.4) is 0 Å². The maximum absolute atomic E-state index is 9.51. The van der Waals surface area contributed by atoms with E-state index in [1.165, 1.54) is 0 Å². The van der Waals surface area contributed by atoms with Crippen LogP contribution in [0.4, 0.5) is 0 Å². The molecule has 4 nitrogen and oxygen atoms in total. The van der Waals surface area contributed by atoms with Gasteiger partial charge in [0.2, 0.25) is 0 Å². The summed E-state index contributed by atoms with van der Waals surface area (Å²) < 4.78 is 5.69. The van der Waals surface area contributed by atoms with E-state index in [4.69, 9.17) is 4.74 Å². The van der Waals surface area contributed by atoms with Crippen LogP contribution < -0.4 is 0 Å². The van der Waals surface area contributed by atoms with Crippen molar-refractivity contribution in [1.82, 2.24) is 9.97 Å². The molecule has 2 atom stereocenters. The van der Waals surface area contributed by atoms with E-state index in [2.05, 4.69) is 9.97 Å². The van der Waals surface area contributed by atoms with Crippen LogP contribution in [0.2, 0.25) is 0 Å². The molecule has 1 aromatic heterocycles. The summed E-state index contributed by atoms with van der Waals surface area (Å²) in [7, 11) is 0. The molecule has 16 heavy (non-hydrogen) atoms. The Morgan fingerprint density at radius 2 is 2.31 bits per heavy atom. The SMILES string of the molecule is Cc1nc(C2(C)CCCO2)ncc1C(C)O. The summed E-state index contributed by atoms with van der Waals surface area (Å²) in [6.07, 6.45) is 3.19. The Hall–Kier alpha value is -1.00. The van der Waals surface area contributed by atoms with Gasteiger partial charge >= 0.3 is 0 Å². The summed E-state index contributed by atoms with van der Waals surface area (Å²) in [6.45, 7) is 6.42. The number of rotatable bonds is 2. The second kappa shape index (κ2) is 4.11. The van der Waals surface area contributed by atoms with Crippen LogP contribution in [0.15, 0.2) is 6.20 Å². The summed E-state index contributed by atoms with van der Waals surface area (Å²) in [5, 5.41) is 9.51. The van der Waals surface area contributed by atoms with E-state index in [1.807, 2.05) is 13.8 Å². The number of aliphatic hydroxyl groups excluding tert-OH is 1. The van der Waals surface area contributed by atoms with Crippen molar-refractivity contribution in [3.8, 4) is 0 Å². The Bertz CT molecular complexity index is 385. The third-order valence-corrected chi connectivity index (χ3v) is 3.16. The van der Waals surface area contributed by atoms with Crippen molar-refractivity contribution in [3.05, 3.63) is 23.3 Å². The smallest absolute Gasteiger partial charge is 0.160 e. The van der Waals surface area contributed by atoms with Crippen molar-refractivity contribution in [3.63, 3.8) is 0 Å². The molecule has 0 aliphatic carbocycles. The molecule has 4 heteroatoms. The van der Waals surface area contributed by atoms with Gasteiger partial charge in [0.15, 0.2) is 5.82 Å². The number of hydrogen-bond acceptors (Lipinski definition) is 4. The minimum absolute atomic E-state index is 0.345. The fourth-order valence-electron chi connectivity index (χ4n) is 2.10. The van der Waals surface area contributed by atoms with E-state index in [0.717, 1.165) is 36.5 Å². The molecule has 1 aliphatic rings. The molecule has 88 valence electrons. The van der Waals surface area contributed by atoms with Gasteiger partial charge in [0.25, 0.3) is 0 Å². The van der Waals surface area contributed by atoms with Crippen LogP contribution in [0.5, 0.6) is 0 Å². The minimum atomic E-state index is -0.522. The number of ether oxygens (including phenoxy) is 1. The summed E-state index contributed by atoms with van der Waals surface area (Å²) >= 11 is 0. The first kappa shape index (κ1) is 11.5. The zero-order valence-electron chi connectivity index (χ0n) is 10.0. The van der Waals surface area contributed by atoms with Crippen molar-refractivity contribution in [2.45, 2.75) is 45.3 Å². The third-order valence-electron chi connectivity index (χ3n) is 3.16. The van der Waals surface area contributed by atoms with Gasteiger partial charge in [0.05, 0.1) is 6.10 Å². The monoisotopic (exact) mass is 222 g/mol. The molecule has 1 N–H and O–H groups in total. The summed E-state index contributed by atoms with van der Waals surface area (Å²) in [5.41, 5.74) is 1.27. The first-order valence-electron chi connectivity index (χ1n) is 5.69. The zero-order chi connectivity index (χ0) is 11.8. The molecule has 0 bridgehead atoms. The van der Waals surface area contributed by atoms with Crippen molar-refractivity contribution in [2.24, 2.45) is 0 Å². The van der Waals surface area contributed by atoms with Gasteiger partial charge < -0.3 is 9.84 Å². The summed E-state index contributed by atoms with van der Waals surface area (Å²) in [4.78, 5) is 8.77. The highest BCUT2D eigenvalue weighted by atomic mass is 16.5. The van der Waals surface area contributed by atoms with Crippen LogP contribution in [-0.4, -0.2) is 21.7 Å². The predicted molar refractivity (Wildman–Crippen MR) is 59.9 cm³/mol. The quantitative estimate of drug-likeness (QED) is 0.830. The Kier molecular flexibility index (Phi) is 2.95. The fourth-order valence-corrected chi connectivity index (χ4v) is 2.10. The van der Waals surface area contributed by atoms with E-state index < -0.39 is 6.10 Å². The number of hydrogen-bond donors (Lipinski definition) is 1. The van der Waals surface area contributed by atoms with Gasteiger partial charge in [-0.15, -0.1) is 0 Å². The van der Waals surface area contributed by atoms with Gasteiger partial charge in [-0.05, 0) is 33.6 Å².